The van der Waals surface area contributed by atoms with Gasteiger partial charge in [-0.05, 0) is 28.7 Å². The Hall–Kier alpha value is -2.80. The first-order valence-electron chi connectivity index (χ1n) is 15.5. The molecule has 0 aliphatic heterocycles. The van der Waals surface area contributed by atoms with Crippen LogP contribution in [-0.4, -0.2) is 40.7 Å². The molecule has 1 aliphatic rings. The smallest absolute Gasteiger partial charge is 0.407 e. The average molecular weight is 582 g/mol. The Morgan fingerprint density at radius 2 is 1.27 bits per heavy atom. The van der Waals surface area contributed by atoms with Crippen molar-refractivity contribution in [2.75, 3.05) is 12.4 Å². The highest BCUT2D eigenvalue weighted by Crippen LogP contribution is 2.44. The van der Waals surface area contributed by atoms with E-state index in [-0.39, 0.29) is 23.4 Å². The molecular formula is C34H47NO5S. The molecule has 0 spiro atoms. The number of thioether (sulfide) groups is 1. The van der Waals surface area contributed by atoms with Gasteiger partial charge in [-0.1, -0.05) is 144 Å². The van der Waals surface area contributed by atoms with E-state index in [9.17, 15) is 19.5 Å². The lowest BCUT2D eigenvalue weighted by atomic mass is 9.98. The predicted octanol–water partition coefficient (Wildman–Crippen LogP) is 8.72. The number of carboxylic acid groups (broad SMARTS) is 1. The molecule has 224 valence electrons. The number of carbonyl (C=O) groups excluding carboxylic acids is 2. The number of amides is 1. The predicted molar refractivity (Wildman–Crippen MR) is 167 cm³/mol. The van der Waals surface area contributed by atoms with Crippen molar-refractivity contribution in [3.05, 3.63) is 59.7 Å². The number of carbonyl (C=O) groups is 3. The third-order valence-electron chi connectivity index (χ3n) is 7.83. The first-order chi connectivity index (χ1) is 20.0. The van der Waals surface area contributed by atoms with Crippen LogP contribution in [0, 0.1) is 0 Å². The molecule has 0 bridgehead atoms. The summed E-state index contributed by atoms with van der Waals surface area (Å²) in [5.41, 5.74) is 4.43. The van der Waals surface area contributed by atoms with Gasteiger partial charge in [-0.3, -0.25) is 4.79 Å². The first kappa shape index (κ1) is 32.7. The van der Waals surface area contributed by atoms with Gasteiger partial charge in [-0.2, -0.15) is 0 Å². The normalized spacial score (nSPS) is 12.9. The minimum Gasteiger partial charge on any atom is -0.480 e. The molecule has 6 nitrogen and oxygen atoms in total. The monoisotopic (exact) mass is 581 g/mol. The number of unbranched alkanes of at least 4 members (excludes halogenated alkanes) is 12. The Morgan fingerprint density at radius 3 is 1.78 bits per heavy atom. The molecule has 0 saturated carbocycles. The summed E-state index contributed by atoms with van der Waals surface area (Å²) in [6.45, 7) is 2.36. The van der Waals surface area contributed by atoms with Crippen LogP contribution in [0.1, 0.15) is 114 Å². The molecule has 7 heteroatoms. The van der Waals surface area contributed by atoms with Gasteiger partial charge in [-0.25, -0.2) is 9.59 Å². The zero-order chi connectivity index (χ0) is 29.3. The van der Waals surface area contributed by atoms with Crippen molar-refractivity contribution >= 4 is 28.9 Å². The van der Waals surface area contributed by atoms with Crippen LogP contribution in [0.2, 0.25) is 0 Å². The van der Waals surface area contributed by atoms with Crippen molar-refractivity contribution in [2.24, 2.45) is 0 Å². The van der Waals surface area contributed by atoms with Crippen molar-refractivity contribution in [3.8, 4) is 11.1 Å². The van der Waals surface area contributed by atoms with Crippen LogP contribution in [-0.2, 0) is 14.3 Å². The molecule has 0 saturated heterocycles. The number of rotatable bonds is 20. The zero-order valence-electron chi connectivity index (χ0n) is 24.6. The van der Waals surface area contributed by atoms with Crippen LogP contribution in [0.15, 0.2) is 48.5 Å². The second kappa shape index (κ2) is 18.6. The highest BCUT2D eigenvalue weighted by molar-refractivity contribution is 8.13. The van der Waals surface area contributed by atoms with Crippen LogP contribution < -0.4 is 5.32 Å². The summed E-state index contributed by atoms with van der Waals surface area (Å²) in [6, 6.07) is 14.9. The van der Waals surface area contributed by atoms with E-state index in [2.05, 4.69) is 24.4 Å². The molecule has 2 aromatic carbocycles. The maximum atomic E-state index is 12.5. The van der Waals surface area contributed by atoms with Crippen molar-refractivity contribution < 1.29 is 24.2 Å². The number of fused-ring (bicyclic) bond motifs is 3. The zero-order valence-corrected chi connectivity index (χ0v) is 25.4. The van der Waals surface area contributed by atoms with Crippen molar-refractivity contribution in [2.45, 2.75) is 109 Å². The average Bonchev–Trinajstić information content (AvgIpc) is 3.30. The summed E-state index contributed by atoms with van der Waals surface area (Å²) in [4.78, 5) is 36.5. The van der Waals surface area contributed by atoms with Crippen LogP contribution in [0.25, 0.3) is 11.1 Å². The quantitative estimate of drug-likeness (QED) is 0.152. The molecule has 0 radical (unpaired) electrons. The van der Waals surface area contributed by atoms with Crippen LogP contribution >= 0.6 is 11.8 Å². The lowest BCUT2D eigenvalue weighted by Crippen LogP contribution is -2.43. The van der Waals surface area contributed by atoms with Gasteiger partial charge in [0.05, 0.1) is 0 Å². The van der Waals surface area contributed by atoms with E-state index in [4.69, 9.17) is 4.74 Å². The molecule has 1 unspecified atom stereocenters. The number of nitrogens with one attached hydrogen (secondary N) is 1. The number of aliphatic carboxylic acids is 1. The summed E-state index contributed by atoms with van der Waals surface area (Å²) in [5, 5.41) is 12.0. The van der Waals surface area contributed by atoms with Gasteiger partial charge in [0, 0.05) is 18.1 Å². The second-order valence-corrected chi connectivity index (χ2v) is 12.1. The number of hydrogen-bond acceptors (Lipinski definition) is 5. The molecule has 1 aliphatic carbocycles. The Morgan fingerprint density at radius 1 is 0.780 bits per heavy atom. The molecule has 41 heavy (non-hydrogen) atoms. The fourth-order valence-electron chi connectivity index (χ4n) is 5.49. The Kier molecular flexibility index (Phi) is 14.8. The minimum atomic E-state index is -1.19. The number of carboxylic acids is 1. The maximum absolute atomic E-state index is 12.5. The van der Waals surface area contributed by atoms with Crippen LogP contribution in [0.4, 0.5) is 4.79 Å². The molecule has 1 amide bonds. The van der Waals surface area contributed by atoms with Gasteiger partial charge >= 0.3 is 12.1 Å². The number of hydrogen-bond donors (Lipinski definition) is 2. The van der Waals surface area contributed by atoms with Gasteiger partial charge in [0.25, 0.3) is 0 Å². The van der Waals surface area contributed by atoms with E-state index in [1.165, 1.54) is 64.2 Å². The van der Waals surface area contributed by atoms with Crippen LogP contribution in [0.3, 0.4) is 0 Å². The molecule has 2 aromatic rings. The highest BCUT2D eigenvalue weighted by Gasteiger charge is 2.30. The third-order valence-corrected chi connectivity index (χ3v) is 8.86. The summed E-state index contributed by atoms with van der Waals surface area (Å²) in [5.74, 6) is -1.30. The second-order valence-electron chi connectivity index (χ2n) is 11.0. The summed E-state index contributed by atoms with van der Waals surface area (Å²) in [6.07, 6.45) is 15.8. The molecule has 2 N–H and O–H groups in total. The van der Waals surface area contributed by atoms with Crippen LogP contribution in [0.5, 0.6) is 0 Å². The van der Waals surface area contributed by atoms with Gasteiger partial charge in [0.2, 0.25) is 0 Å². The van der Waals surface area contributed by atoms with E-state index in [1.807, 2.05) is 36.4 Å². The van der Waals surface area contributed by atoms with Gasteiger partial charge < -0.3 is 15.2 Å². The Balaban J connectivity index is 1.27. The summed E-state index contributed by atoms with van der Waals surface area (Å²) in [7, 11) is 0. The highest BCUT2D eigenvalue weighted by atomic mass is 32.2. The van der Waals surface area contributed by atoms with Crippen molar-refractivity contribution in [3.63, 3.8) is 0 Å². The standard InChI is InChI=1S/C34H47NO5S/c1-2-3-4-5-6-7-8-9-10-11-12-13-14-23-32(36)41-25-31(33(37)38)35-34(39)40-24-30-28-21-17-15-19-26(28)27-20-16-18-22-29(27)30/h15-22,30-31H,2-14,23-25H2,1H3,(H,35,39)(H,37,38). The molecule has 0 heterocycles. The molecule has 1 atom stereocenters. The largest absolute Gasteiger partial charge is 0.480 e. The first-order valence-corrected chi connectivity index (χ1v) is 16.5. The number of ether oxygens (including phenoxy) is 1. The lowest BCUT2D eigenvalue weighted by Gasteiger charge is -2.17. The van der Waals surface area contributed by atoms with E-state index in [1.54, 1.807) is 0 Å². The fourth-order valence-corrected chi connectivity index (χ4v) is 6.36. The van der Waals surface area contributed by atoms with Gasteiger partial charge in [0.15, 0.2) is 5.12 Å². The topological polar surface area (TPSA) is 92.7 Å². The van der Waals surface area contributed by atoms with E-state index < -0.39 is 18.1 Å². The molecule has 3 rings (SSSR count). The molecule has 0 fully saturated rings. The maximum Gasteiger partial charge on any atom is 0.407 e. The Bertz CT molecular complexity index is 1060. The SMILES string of the molecule is CCCCCCCCCCCCCCCC(=O)SCC(NC(=O)OCC1c2ccccc2-c2ccccc21)C(=O)O. The Labute approximate surface area is 250 Å². The third kappa shape index (κ3) is 11.2. The summed E-state index contributed by atoms with van der Waals surface area (Å²) < 4.78 is 5.47. The fraction of sp³-hybridized carbons (Fsp3) is 0.559. The minimum absolute atomic E-state index is 0.0171. The van der Waals surface area contributed by atoms with E-state index >= 15 is 0 Å². The molecule has 0 aromatic heterocycles. The number of benzene rings is 2. The van der Waals surface area contributed by atoms with E-state index in [0.29, 0.717) is 6.42 Å². The van der Waals surface area contributed by atoms with E-state index in [0.717, 1.165) is 53.3 Å². The number of alkyl carbamates (subject to hydrolysis) is 1. The van der Waals surface area contributed by atoms with Gasteiger partial charge in [0.1, 0.15) is 12.6 Å². The summed E-state index contributed by atoms with van der Waals surface area (Å²) >= 11 is 0.974. The lowest BCUT2D eigenvalue weighted by molar-refractivity contribution is -0.138. The molecular weight excluding hydrogens is 534 g/mol. The van der Waals surface area contributed by atoms with Crippen molar-refractivity contribution in [1.82, 2.24) is 5.32 Å². The van der Waals surface area contributed by atoms with Crippen molar-refractivity contribution in [1.29, 1.82) is 0 Å². The van der Waals surface area contributed by atoms with Gasteiger partial charge in [-0.15, -0.1) is 0 Å².